The van der Waals surface area contributed by atoms with E-state index in [0.717, 1.165) is 31.2 Å². The van der Waals surface area contributed by atoms with Crippen LogP contribution in [0.1, 0.15) is 44.1 Å². The quantitative estimate of drug-likeness (QED) is 0.934. The van der Waals surface area contributed by atoms with Crippen LogP contribution in [0.4, 0.5) is 0 Å². The van der Waals surface area contributed by atoms with E-state index in [9.17, 15) is 9.59 Å². The Labute approximate surface area is 131 Å². The van der Waals surface area contributed by atoms with Crippen molar-refractivity contribution in [2.75, 3.05) is 13.1 Å². The number of carboxylic acid groups (broad SMARTS) is 1. The number of carbonyl (C=O) groups is 2. The Hall–Kier alpha value is -1.84. The van der Waals surface area contributed by atoms with Gasteiger partial charge in [0.2, 0.25) is 5.91 Å². The molecule has 1 saturated heterocycles. The second-order valence-corrected chi connectivity index (χ2v) is 6.56. The number of hydrogen-bond acceptors (Lipinski definition) is 2. The van der Waals surface area contributed by atoms with Crippen LogP contribution in [0.25, 0.3) is 0 Å². The highest BCUT2D eigenvalue weighted by molar-refractivity contribution is 5.89. The van der Waals surface area contributed by atoms with Crippen LogP contribution in [-0.4, -0.2) is 35.0 Å². The van der Waals surface area contributed by atoms with E-state index in [-0.39, 0.29) is 17.2 Å². The summed E-state index contributed by atoms with van der Waals surface area (Å²) in [4.78, 5) is 26.1. The minimum Gasteiger partial charge on any atom is -0.481 e. The molecule has 2 aliphatic rings. The maximum Gasteiger partial charge on any atom is 0.306 e. The minimum atomic E-state index is -0.731. The zero-order chi connectivity index (χ0) is 15.6. The number of aliphatic carboxylic acids is 1. The molecule has 1 N–H and O–H groups in total. The van der Waals surface area contributed by atoms with Crippen LogP contribution in [0.3, 0.4) is 0 Å². The number of amides is 1. The van der Waals surface area contributed by atoms with Gasteiger partial charge >= 0.3 is 5.97 Å². The summed E-state index contributed by atoms with van der Waals surface area (Å²) < 4.78 is 0. The molecule has 1 saturated carbocycles. The number of piperidine rings is 1. The zero-order valence-corrected chi connectivity index (χ0v) is 12.8. The van der Waals surface area contributed by atoms with Crippen LogP contribution >= 0.6 is 0 Å². The average molecular weight is 301 g/mol. The molecule has 1 aliphatic heterocycles. The second-order valence-electron chi connectivity index (χ2n) is 6.56. The SMILES string of the molecule is O=C(O)C1CCN(C(=O)C2(c3ccccc3)CCCC2)CC1. The van der Waals surface area contributed by atoms with Crippen molar-refractivity contribution in [3.05, 3.63) is 35.9 Å². The number of hydrogen-bond donors (Lipinski definition) is 1. The molecule has 22 heavy (non-hydrogen) atoms. The smallest absolute Gasteiger partial charge is 0.306 e. The third-order valence-corrected chi connectivity index (χ3v) is 5.32. The monoisotopic (exact) mass is 301 g/mol. The van der Waals surface area contributed by atoms with E-state index >= 15 is 0 Å². The lowest BCUT2D eigenvalue weighted by molar-refractivity contribution is -0.147. The Bertz CT molecular complexity index is 541. The predicted octanol–water partition coefficient (Wildman–Crippen LogP) is 2.82. The van der Waals surface area contributed by atoms with E-state index in [2.05, 4.69) is 12.1 Å². The molecule has 1 heterocycles. The first-order chi connectivity index (χ1) is 10.6. The third kappa shape index (κ3) is 2.62. The van der Waals surface area contributed by atoms with Crippen LogP contribution in [0.5, 0.6) is 0 Å². The van der Waals surface area contributed by atoms with Crippen molar-refractivity contribution < 1.29 is 14.7 Å². The summed E-state index contributed by atoms with van der Waals surface area (Å²) in [6, 6.07) is 10.1. The Kier molecular flexibility index (Phi) is 4.19. The van der Waals surface area contributed by atoms with Crippen molar-refractivity contribution >= 4 is 11.9 Å². The van der Waals surface area contributed by atoms with Crippen molar-refractivity contribution in [1.82, 2.24) is 4.90 Å². The van der Waals surface area contributed by atoms with Crippen LogP contribution in [-0.2, 0) is 15.0 Å². The molecular weight excluding hydrogens is 278 g/mol. The van der Waals surface area contributed by atoms with E-state index in [4.69, 9.17) is 5.11 Å². The standard InChI is InChI=1S/C18H23NO3/c20-16(21)14-8-12-19(13-9-14)17(22)18(10-4-5-11-18)15-6-2-1-3-7-15/h1-3,6-7,14H,4-5,8-13H2,(H,20,21). The van der Waals surface area contributed by atoms with E-state index in [1.165, 1.54) is 0 Å². The molecule has 0 unspecified atom stereocenters. The van der Waals surface area contributed by atoms with Gasteiger partial charge in [-0.1, -0.05) is 43.2 Å². The second kappa shape index (κ2) is 6.11. The van der Waals surface area contributed by atoms with E-state index in [1.54, 1.807) is 0 Å². The van der Waals surface area contributed by atoms with E-state index < -0.39 is 5.97 Å². The van der Waals surface area contributed by atoms with Gasteiger partial charge in [-0.2, -0.15) is 0 Å². The number of benzene rings is 1. The minimum absolute atomic E-state index is 0.208. The highest BCUT2D eigenvalue weighted by atomic mass is 16.4. The molecular formula is C18H23NO3. The summed E-state index contributed by atoms with van der Waals surface area (Å²) in [7, 11) is 0. The van der Waals surface area contributed by atoms with Crippen LogP contribution < -0.4 is 0 Å². The molecule has 1 amide bonds. The number of rotatable bonds is 3. The Balaban J connectivity index is 1.79. The first kappa shape index (κ1) is 15.1. The molecule has 4 heteroatoms. The van der Waals surface area contributed by atoms with Crippen LogP contribution in [0.15, 0.2) is 30.3 Å². The van der Waals surface area contributed by atoms with Crippen LogP contribution in [0, 0.1) is 5.92 Å². The van der Waals surface area contributed by atoms with E-state index in [1.807, 2.05) is 23.1 Å². The maximum atomic E-state index is 13.2. The fraction of sp³-hybridized carbons (Fsp3) is 0.556. The molecule has 1 aliphatic carbocycles. The van der Waals surface area contributed by atoms with Gasteiger partial charge in [-0.15, -0.1) is 0 Å². The van der Waals surface area contributed by atoms with Crippen molar-refractivity contribution in [3.63, 3.8) is 0 Å². The molecule has 1 aromatic rings. The average Bonchev–Trinajstić information content (AvgIpc) is 3.06. The van der Waals surface area contributed by atoms with Gasteiger partial charge in [-0.05, 0) is 31.2 Å². The summed E-state index contributed by atoms with van der Waals surface area (Å²) in [6.45, 7) is 1.15. The lowest BCUT2D eigenvalue weighted by Gasteiger charge is -2.38. The Morgan fingerprint density at radius 2 is 1.64 bits per heavy atom. The fourth-order valence-corrected chi connectivity index (χ4v) is 3.99. The van der Waals surface area contributed by atoms with Gasteiger partial charge < -0.3 is 10.0 Å². The molecule has 3 rings (SSSR count). The number of likely N-dealkylation sites (tertiary alicyclic amines) is 1. The summed E-state index contributed by atoms with van der Waals surface area (Å²) in [5, 5.41) is 9.10. The number of nitrogens with zero attached hydrogens (tertiary/aromatic N) is 1. The molecule has 0 radical (unpaired) electrons. The number of carbonyl (C=O) groups excluding carboxylic acids is 1. The Morgan fingerprint density at radius 3 is 2.18 bits per heavy atom. The van der Waals surface area contributed by atoms with Crippen molar-refractivity contribution in [2.24, 2.45) is 5.92 Å². The lowest BCUT2D eigenvalue weighted by Crippen LogP contribution is -2.49. The molecule has 1 aromatic carbocycles. The summed E-state index contributed by atoms with van der Waals surface area (Å²) in [5.74, 6) is -0.814. The lowest BCUT2D eigenvalue weighted by atomic mass is 9.77. The summed E-state index contributed by atoms with van der Waals surface area (Å²) in [6.07, 6.45) is 5.15. The highest BCUT2D eigenvalue weighted by Gasteiger charge is 2.45. The normalized spacial score (nSPS) is 21.7. The summed E-state index contributed by atoms with van der Waals surface area (Å²) >= 11 is 0. The molecule has 0 spiro atoms. The topological polar surface area (TPSA) is 57.6 Å². The van der Waals surface area contributed by atoms with Crippen molar-refractivity contribution in [1.29, 1.82) is 0 Å². The molecule has 0 aromatic heterocycles. The molecule has 2 fully saturated rings. The fourth-order valence-electron chi connectivity index (χ4n) is 3.99. The molecule has 4 nitrogen and oxygen atoms in total. The van der Waals surface area contributed by atoms with Gasteiger partial charge in [0, 0.05) is 13.1 Å². The van der Waals surface area contributed by atoms with Crippen molar-refractivity contribution in [3.8, 4) is 0 Å². The molecule has 0 atom stereocenters. The summed E-state index contributed by atoms with van der Waals surface area (Å²) in [5.41, 5.74) is 0.745. The van der Waals surface area contributed by atoms with Gasteiger partial charge in [0.1, 0.15) is 0 Å². The van der Waals surface area contributed by atoms with E-state index in [0.29, 0.717) is 25.9 Å². The maximum absolute atomic E-state index is 13.2. The third-order valence-electron chi connectivity index (χ3n) is 5.32. The van der Waals surface area contributed by atoms with Crippen LogP contribution in [0.2, 0.25) is 0 Å². The zero-order valence-electron chi connectivity index (χ0n) is 12.8. The van der Waals surface area contributed by atoms with Gasteiger partial charge in [0.25, 0.3) is 0 Å². The van der Waals surface area contributed by atoms with Gasteiger partial charge in [0.05, 0.1) is 11.3 Å². The van der Waals surface area contributed by atoms with Gasteiger partial charge in [-0.3, -0.25) is 9.59 Å². The van der Waals surface area contributed by atoms with Gasteiger partial charge in [-0.25, -0.2) is 0 Å². The molecule has 118 valence electrons. The Morgan fingerprint density at radius 1 is 1.05 bits per heavy atom. The first-order valence-corrected chi connectivity index (χ1v) is 8.21. The predicted molar refractivity (Wildman–Crippen MR) is 83.5 cm³/mol. The largest absolute Gasteiger partial charge is 0.481 e. The number of carboxylic acids is 1. The van der Waals surface area contributed by atoms with Crippen molar-refractivity contribution in [2.45, 2.75) is 43.9 Å². The van der Waals surface area contributed by atoms with Gasteiger partial charge in [0.15, 0.2) is 0 Å². The first-order valence-electron chi connectivity index (χ1n) is 8.21. The molecule has 0 bridgehead atoms. The highest BCUT2D eigenvalue weighted by Crippen LogP contribution is 2.43.